The average molecular weight is 175 g/mol. The van der Waals surface area contributed by atoms with E-state index >= 15 is 0 Å². The summed E-state index contributed by atoms with van der Waals surface area (Å²) < 4.78 is 0. The molecule has 1 aromatic carbocycles. The van der Waals surface area contributed by atoms with Gasteiger partial charge in [-0.1, -0.05) is 6.08 Å². The molecule has 13 heavy (non-hydrogen) atoms. The highest BCUT2D eigenvalue weighted by Crippen LogP contribution is 2.29. The summed E-state index contributed by atoms with van der Waals surface area (Å²) >= 11 is 0. The van der Waals surface area contributed by atoms with Crippen LogP contribution in [0.15, 0.2) is 24.3 Å². The maximum atomic E-state index is 9.31. The van der Waals surface area contributed by atoms with Gasteiger partial charge in [0.25, 0.3) is 0 Å². The van der Waals surface area contributed by atoms with Crippen molar-refractivity contribution in [3.63, 3.8) is 0 Å². The van der Waals surface area contributed by atoms with E-state index in [0.29, 0.717) is 5.75 Å². The lowest BCUT2D eigenvalue weighted by atomic mass is 10.1. The summed E-state index contributed by atoms with van der Waals surface area (Å²) in [5, 5.41) is 12.6. The lowest BCUT2D eigenvalue weighted by molar-refractivity contribution is 0.475. The molecule has 0 bridgehead atoms. The number of nitrogens with one attached hydrogen (secondary N) is 1. The molecule has 1 aliphatic heterocycles. The van der Waals surface area contributed by atoms with Gasteiger partial charge in [-0.15, -0.1) is 0 Å². The molecule has 2 rings (SSSR count). The molecule has 0 unspecified atom stereocenters. The van der Waals surface area contributed by atoms with Gasteiger partial charge in [-0.25, -0.2) is 0 Å². The number of phenols is 1. The predicted octanol–water partition coefficient (Wildman–Crippen LogP) is 2.61. The fraction of sp³-hybridized carbons (Fsp3) is 0.273. The van der Waals surface area contributed by atoms with E-state index in [0.717, 1.165) is 18.7 Å². The van der Waals surface area contributed by atoms with E-state index in [2.05, 4.69) is 18.3 Å². The van der Waals surface area contributed by atoms with Crippen molar-refractivity contribution >= 4 is 11.3 Å². The Kier molecular flexibility index (Phi) is 1.97. The topological polar surface area (TPSA) is 32.3 Å². The van der Waals surface area contributed by atoms with Gasteiger partial charge in [0.15, 0.2) is 0 Å². The summed E-state index contributed by atoms with van der Waals surface area (Å²) in [5.74, 6) is 0.320. The number of benzene rings is 1. The summed E-state index contributed by atoms with van der Waals surface area (Å²) in [6.07, 6.45) is 3.26. The molecule has 1 heterocycles. The molecule has 0 aromatic heterocycles. The Hall–Kier alpha value is -1.44. The van der Waals surface area contributed by atoms with Crippen molar-refractivity contribution in [2.45, 2.75) is 13.3 Å². The van der Waals surface area contributed by atoms with Gasteiger partial charge in [0.2, 0.25) is 0 Å². The van der Waals surface area contributed by atoms with Crippen LogP contribution in [0.25, 0.3) is 5.57 Å². The standard InChI is InChI=1S/C11H13NO/c1-8-3-2-6-12-11-7-9(13)4-5-10(8)11/h3-5,7,12-13H,2,6H2,1H3. The van der Waals surface area contributed by atoms with Crippen LogP contribution in [0.5, 0.6) is 5.75 Å². The number of anilines is 1. The summed E-state index contributed by atoms with van der Waals surface area (Å²) in [6.45, 7) is 3.04. The zero-order valence-electron chi connectivity index (χ0n) is 7.67. The van der Waals surface area contributed by atoms with E-state index in [-0.39, 0.29) is 0 Å². The molecule has 2 nitrogen and oxygen atoms in total. The second-order valence-corrected chi connectivity index (χ2v) is 3.33. The molecule has 0 radical (unpaired) electrons. The molecule has 0 fully saturated rings. The summed E-state index contributed by atoms with van der Waals surface area (Å²) in [7, 11) is 0. The Labute approximate surface area is 77.9 Å². The first-order chi connectivity index (χ1) is 6.27. The minimum Gasteiger partial charge on any atom is -0.508 e. The van der Waals surface area contributed by atoms with Crippen LogP contribution in [0.1, 0.15) is 18.9 Å². The van der Waals surface area contributed by atoms with Crippen molar-refractivity contribution < 1.29 is 5.11 Å². The second-order valence-electron chi connectivity index (χ2n) is 3.33. The van der Waals surface area contributed by atoms with Gasteiger partial charge in [-0.05, 0) is 31.1 Å². The first-order valence-corrected chi connectivity index (χ1v) is 4.51. The molecule has 0 atom stereocenters. The largest absolute Gasteiger partial charge is 0.508 e. The minimum atomic E-state index is 0.320. The lowest BCUT2D eigenvalue weighted by Crippen LogP contribution is -1.99. The van der Waals surface area contributed by atoms with Crippen LogP contribution < -0.4 is 5.32 Å². The highest BCUT2D eigenvalue weighted by molar-refractivity contribution is 5.77. The van der Waals surface area contributed by atoms with Gasteiger partial charge < -0.3 is 10.4 Å². The van der Waals surface area contributed by atoms with Crippen LogP contribution in [0, 0.1) is 0 Å². The smallest absolute Gasteiger partial charge is 0.117 e. The van der Waals surface area contributed by atoms with Crippen molar-refractivity contribution in [2.75, 3.05) is 11.9 Å². The van der Waals surface area contributed by atoms with E-state index in [4.69, 9.17) is 0 Å². The van der Waals surface area contributed by atoms with Gasteiger partial charge in [0.05, 0.1) is 0 Å². The molecular formula is C11H13NO. The Balaban J connectivity index is 2.52. The summed E-state index contributed by atoms with van der Waals surface area (Å²) in [4.78, 5) is 0. The van der Waals surface area contributed by atoms with Crippen molar-refractivity contribution in [3.05, 3.63) is 29.8 Å². The Morgan fingerprint density at radius 2 is 2.23 bits per heavy atom. The number of fused-ring (bicyclic) bond motifs is 1. The first kappa shape index (κ1) is 8.17. The molecular weight excluding hydrogens is 162 g/mol. The van der Waals surface area contributed by atoms with Crippen LogP contribution in [-0.2, 0) is 0 Å². The number of allylic oxidation sites excluding steroid dienone is 1. The monoisotopic (exact) mass is 175 g/mol. The molecule has 0 amide bonds. The van der Waals surface area contributed by atoms with Gasteiger partial charge in [0.1, 0.15) is 5.75 Å². The molecule has 0 aliphatic carbocycles. The van der Waals surface area contributed by atoms with E-state index in [1.165, 1.54) is 11.1 Å². The van der Waals surface area contributed by atoms with Crippen LogP contribution in [0.2, 0.25) is 0 Å². The zero-order valence-corrected chi connectivity index (χ0v) is 7.67. The Morgan fingerprint density at radius 3 is 3.08 bits per heavy atom. The summed E-state index contributed by atoms with van der Waals surface area (Å²) in [5.41, 5.74) is 3.50. The van der Waals surface area contributed by atoms with Gasteiger partial charge in [0, 0.05) is 23.9 Å². The number of phenolic OH excluding ortho intramolecular Hbond substituents is 1. The van der Waals surface area contributed by atoms with Crippen LogP contribution >= 0.6 is 0 Å². The molecule has 68 valence electrons. The van der Waals surface area contributed by atoms with Crippen molar-refractivity contribution in [1.82, 2.24) is 0 Å². The molecule has 2 heteroatoms. The normalized spacial score (nSPS) is 15.3. The van der Waals surface area contributed by atoms with Crippen LogP contribution in [-0.4, -0.2) is 11.7 Å². The van der Waals surface area contributed by atoms with Crippen molar-refractivity contribution in [1.29, 1.82) is 0 Å². The SMILES string of the molecule is CC1=CCCNc2cc(O)ccc21. The third-order valence-electron chi connectivity index (χ3n) is 2.34. The molecule has 0 saturated heterocycles. The Bertz CT molecular complexity index is 355. The molecule has 1 aliphatic rings. The van der Waals surface area contributed by atoms with Gasteiger partial charge in [-0.3, -0.25) is 0 Å². The third-order valence-corrected chi connectivity index (χ3v) is 2.34. The van der Waals surface area contributed by atoms with Crippen LogP contribution in [0.4, 0.5) is 5.69 Å². The number of rotatable bonds is 0. The maximum Gasteiger partial charge on any atom is 0.117 e. The highest BCUT2D eigenvalue weighted by atomic mass is 16.3. The predicted molar refractivity (Wildman–Crippen MR) is 54.9 cm³/mol. The van der Waals surface area contributed by atoms with Crippen molar-refractivity contribution in [3.8, 4) is 5.75 Å². The molecule has 0 saturated carbocycles. The fourth-order valence-electron chi connectivity index (χ4n) is 1.63. The fourth-order valence-corrected chi connectivity index (χ4v) is 1.63. The highest BCUT2D eigenvalue weighted by Gasteiger charge is 2.07. The van der Waals surface area contributed by atoms with Crippen molar-refractivity contribution in [2.24, 2.45) is 0 Å². The second kappa shape index (κ2) is 3.13. The molecule has 0 spiro atoms. The Morgan fingerprint density at radius 1 is 1.38 bits per heavy atom. The molecule has 1 aromatic rings. The van der Waals surface area contributed by atoms with E-state index in [9.17, 15) is 5.11 Å². The van der Waals surface area contributed by atoms with E-state index < -0.39 is 0 Å². The van der Waals surface area contributed by atoms with E-state index in [1.807, 2.05) is 6.07 Å². The van der Waals surface area contributed by atoms with E-state index in [1.54, 1.807) is 12.1 Å². The maximum absolute atomic E-state index is 9.31. The number of aromatic hydroxyl groups is 1. The quantitative estimate of drug-likeness (QED) is 0.635. The zero-order chi connectivity index (χ0) is 9.26. The molecule has 2 N–H and O–H groups in total. The number of hydrogen-bond donors (Lipinski definition) is 2. The minimum absolute atomic E-state index is 0.320. The first-order valence-electron chi connectivity index (χ1n) is 4.51. The average Bonchev–Trinajstić information content (AvgIpc) is 2.28. The number of hydrogen-bond acceptors (Lipinski definition) is 2. The van der Waals surface area contributed by atoms with Crippen LogP contribution in [0.3, 0.4) is 0 Å². The lowest BCUT2D eigenvalue weighted by Gasteiger charge is -2.08. The van der Waals surface area contributed by atoms with Gasteiger partial charge >= 0.3 is 0 Å². The third kappa shape index (κ3) is 1.52. The van der Waals surface area contributed by atoms with Gasteiger partial charge in [-0.2, -0.15) is 0 Å². The summed E-state index contributed by atoms with van der Waals surface area (Å²) in [6, 6.07) is 5.45.